The molecule has 0 aliphatic carbocycles. The monoisotopic (exact) mass is 339 g/mol. The van der Waals surface area contributed by atoms with Gasteiger partial charge in [0.15, 0.2) is 5.75 Å². The Labute approximate surface area is 123 Å². The van der Waals surface area contributed by atoms with Crippen LogP contribution in [0.2, 0.25) is 0 Å². The van der Waals surface area contributed by atoms with E-state index >= 15 is 0 Å². The van der Waals surface area contributed by atoms with Crippen molar-refractivity contribution in [2.45, 2.75) is 9.79 Å². The smallest absolute Gasteiger partial charge is 0.312 e. The van der Waals surface area contributed by atoms with Gasteiger partial charge >= 0.3 is 5.69 Å². The first kappa shape index (κ1) is 13.9. The summed E-state index contributed by atoms with van der Waals surface area (Å²) in [7, 11) is 1.42. The topological polar surface area (TPSA) is 52.4 Å². The molecule has 2 aromatic carbocycles. The molecule has 0 atom stereocenters. The number of methoxy groups -OCH3 is 1. The first-order chi connectivity index (χ1) is 9.10. The summed E-state index contributed by atoms with van der Waals surface area (Å²) in [5.41, 5.74) is -0.0235. The number of nitrogens with zero attached hydrogens (tertiary/aromatic N) is 1. The van der Waals surface area contributed by atoms with Gasteiger partial charge in [-0.15, -0.1) is 0 Å². The lowest BCUT2D eigenvalue weighted by molar-refractivity contribution is -0.386. The van der Waals surface area contributed by atoms with E-state index in [4.69, 9.17) is 4.74 Å². The molecule has 0 aromatic heterocycles. The van der Waals surface area contributed by atoms with Crippen molar-refractivity contribution in [3.63, 3.8) is 0 Å². The van der Waals surface area contributed by atoms with Gasteiger partial charge in [0.05, 0.1) is 12.0 Å². The van der Waals surface area contributed by atoms with Crippen molar-refractivity contribution in [2.75, 3.05) is 7.11 Å². The average molecular weight is 340 g/mol. The van der Waals surface area contributed by atoms with E-state index < -0.39 is 4.92 Å². The summed E-state index contributed by atoms with van der Waals surface area (Å²) in [5, 5.41) is 10.9. The molecular formula is C13H10BrNO3S. The number of rotatable bonds is 4. The van der Waals surface area contributed by atoms with Crippen LogP contribution in [-0.2, 0) is 0 Å². The highest BCUT2D eigenvalue weighted by Gasteiger charge is 2.15. The lowest BCUT2D eigenvalue weighted by Gasteiger charge is -2.05. The molecule has 98 valence electrons. The van der Waals surface area contributed by atoms with Crippen LogP contribution in [0.15, 0.2) is 56.7 Å². The van der Waals surface area contributed by atoms with Crippen LogP contribution < -0.4 is 4.74 Å². The minimum absolute atomic E-state index is 0.0235. The van der Waals surface area contributed by atoms with Gasteiger partial charge in [-0.3, -0.25) is 10.1 Å². The van der Waals surface area contributed by atoms with Crippen LogP contribution in [0.25, 0.3) is 0 Å². The molecule has 0 unspecified atom stereocenters. The molecule has 0 saturated heterocycles. The Bertz CT molecular complexity index is 601. The van der Waals surface area contributed by atoms with Crippen LogP contribution in [0, 0.1) is 10.1 Å². The summed E-state index contributed by atoms with van der Waals surface area (Å²) in [4.78, 5) is 12.3. The fourth-order valence-electron chi connectivity index (χ4n) is 1.51. The molecule has 0 amide bonds. The number of hydrogen-bond acceptors (Lipinski definition) is 4. The molecule has 0 heterocycles. The van der Waals surface area contributed by atoms with Gasteiger partial charge in [-0.1, -0.05) is 27.7 Å². The van der Waals surface area contributed by atoms with Crippen molar-refractivity contribution in [1.29, 1.82) is 0 Å². The molecule has 0 radical (unpaired) electrons. The normalized spacial score (nSPS) is 10.2. The fourth-order valence-corrected chi connectivity index (χ4v) is 2.63. The Hall–Kier alpha value is -1.53. The Morgan fingerprint density at radius 2 is 1.79 bits per heavy atom. The van der Waals surface area contributed by atoms with Gasteiger partial charge in [0.2, 0.25) is 0 Å². The summed E-state index contributed by atoms with van der Waals surface area (Å²) in [6.45, 7) is 0. The van der Waals surface area contributed by atoms with E-state index in [1.54, 1.807) is 12.1 Å². The van der Waals surface area contributed by atoms with Crippen LogP contribution in [0.5, 0.6) is 5.75 Å². The maximum absolute atomic E-state index is 10.9. The van der Waals surface area contributed by atoms with Crippen LogP contribution in [0.1, 0.15) is 0 Å². The number of benzene rings is 2. The minimum Gasteiger partial charge on any atom is -0.490 e. The summed E-state index contributed by atoms with van der Waals surface area (Å²) in [6, 6.07) is 12.7. The third-order valence-corrected chi connectivity index (χ3v) is 3.92. The largest absolute Gasteiger partial charge is 0.490 e. The first-order valence-electron chi connectivity index (χ1n) is 5.36. The third kappa shape index (κ3) is 3.48. The second kappa shape index (κ2) is 6.08. The van der Waals surface area contributed by atoms with Gasteiger partial charge in [0.25, 0.3) is 0 Å². The lowest BCUT2D eigenvalue weighted by atomic mass is 10.3. The van der Waals surface area contributed by atoms with Crippen LogP contribution in [-0.4, -0.2) is 12.0 Å². The molecule has 0 bridgehead atoms. The predicted molar refractivity (Wildman–Crippen MR) is 77.9 cm³/mol. The van der Waals surface area contributed by atoms with E-state index in [0.717, 1.165) is 14.3 Å². The van der Waals surface area contributed by atoms with E-state index in [1.165, 1.54) is 24.9 Å². The van der Waals surface area contributed by atoms with Gasteiger partial charge in [0.1, 0.15) is 0 Å². The number of hydrogen-bond donors (Lipinski definition) is 0. The van der Waals surface area contributed by atoms with Crippen molar-refractivity contribution >= 4 is 33.4 Å². The second-order valence-electron chi connectivity index (χ2n) is 3.65. The van der Waals surface area contributed by atoms with Gasteiger partial charge < -0.3 is 4.74 Å². The molecule has 6 heteroatoms. The molecule has 19 heavy (non-hydrogen) atoms. The summed E-state index contributed by atoms with van der Waals surface area (Å²) >= 11 is 4.83. The maximum Gasteiger partial charge on any atom is 0.312 e. The van der Waals surface area contributed by atoms with Gasteiger partial charge in [-0.2, -0.15) is 0 Å². The lowest BCUT2D eigenvalue weighted by Crippen LogP contribution is -1.93. The van der Waals surface area contributed by atoms with Crippen molar-refractivity contribution in [3.05, 3.63) is 57.1 Å². The number of ether oxygens (including phenoxy) is 1. The molecule has 0 spiro atoms. The number of halogens is 1. The molecule has 0 aliphatic rings. The molecule has 0 saturated carbocycles. The zero-order chi connectivity index (χ0) is 13.8. The molecular weight excluding hydrogens is 330 g/mol. The second-order valence-corrected chi connectivity index (χ2v) is 5.71. The number of nitro groups is 1. The van der Waals surface area contributed by atoms with Crippen molar-refractivity contribution in [1.82, 2.24) is 0 Å². The molecule has 4 nitrogen and oxygen atoms in total. The summed E-state index contributed by atoms with van der Waals surface area (Å²) in [5.74, 6) is 0.269. The Morgan fingerprint density at radius 3 is 2.37 bits per heavy atom. The van der Waals surface area contributed by atoms with Gasteiger partial charge in [-0.05, 0) is 36.4 Å². The van der Waals surface area contributed by atoms with Crippen molar-refractivity contribution < 1.29 is 9.66 Å². The standard InChI is InChI=1S/C13H10BrNO3S/c1-18-13-7-6-11(8-12(13)15(16)17)19-10-4-2-9(14)3-5-10/h2-8H,1H3. The van der Waals surface area contributed by atoms with E-state index in [-0.39, 0.29) is 11.4 Å². The SMILES string of the molecule is COc1ccc(Sc2ccc(Br)cc2)cc1[N+](=O)[O-]. The zero-order valence-corrected chi connectivity index (χ0v) is 12.4. The fraction of sp³-hybridized carbons (Fsp3) is 0.0769. The first-order valence-corrected chi connectivity index (χ1v) is 6.97. The highest BCUT2D eigenvalue weighted by atomic mass is 79.9. The average Bonchev–Trinajstić information content (AvgIpc) is 2.41. The zero-order valence-electron chi connectivity index (χ0n) is 10.00. The quantitative estimate of drug-likeness (QED) is 0.607. The highest BCUT2D eigenvalue weighted by Crippen LogP contribution is 2.35. The van der Waals surface area contributed by atoms with Crippen LogP contribution in [0.4, 0.5) is 5.69 Å². The Morgan fingerprint density at radius 1 is 1.16 bits per heavy atom. The van der Waals surface area contributed by atoms with Gasteiger partial charge in [-0.25, -0.2) is 0 Å². The van der Waals surface area contributed by atoms with E-state index in [2.05, 4.69) is 15.9 Å². The van der Waals surface area contributed by atoms with E-state index in [1.807, 2.05) is 24.3 Å². The maximum atomic E-state index is 10.9. The summed E-state index contributed by atoms with van der Waals surface area (Å²) < 4.78 is 5.97. The van der Waals surface area contributed by atoms with Crippen LogP contribution in [0.3, 0.4) is 0 Å². The molecule has 0 fully saturated rings. The Balaban J connectivity index is 2.28. The van der Waals surface area contributed by atoms with E-state index in [0.29, 0.717) is 0 Å². The highest BCUT2D eigenvalue weighted by molar-refractivity contribution is 9.10. The minimum atomic E-state index is -0.440. The van der Waals surface area contributed by atoms with Crippen molar-refractivity contribution in [3.8, 4) is 5.75 Å². The summed E-state index contributed by atoms with van der Waals surface area (Å²) in [6.07, 6.45) is 0. The van der Waals surface area contributed by atoms with Gasteiger partial charge in [0, 0.05) is 20.3 Å². The molecule has 0 N–H and O–H groups in total. The molecule has 2 rings (SSSR count). The van der Waals surface area contributed by atoms with Crippen molar-refractivity contribution in [2.24, 2.45) is 0 Å². The van der Waals surface area contributed by atoms with E-state index in [9.17, 15) is 10.1 Å². The molecule has 2 aromatic rings. The number of nitro benzene ring substituents is 1. The predicted octanol–water partition coefficient (Wildman–Crippen LogP) is 4.52. The molecule has 0 aliphatic heterocycles. The third-order valence-electron chi connectivity index (χ3n) is 2.40. The van der Waals surface area contributed by atoms with Crippen LogP contribution >= 0.6 is 27.7 Å². The Kier molecular flexibility index (Phi) is 4.44.